The molecule has 2 aromatic carbocycles. The molecule has 8 nitrogen and oxygen atoms in total. The van der Waals surface area contributed by atoms with Crippen LogP contribution in [0, 0.1) is 0 Å². The molecule has 0 radical (unpaired) electrons. The van der Waals surface area contributed by atoms with E-state index >= 15 is 0 Å². The second-order valence-electron chi connectivity index (χ2n) is 6.41. The van der Waals surface area contributed by atoms with Crippen molar-refractivity contribution in [1.82, 2.24) is 9.21 Å². The van der Waals surface area contributed by atoms with Crippen LogP contribution >= 0.6 is 0 Å². The van der Waals surface area contributed by atoms with E-state index in [9.17, 15) is 18.0 Å². The van der Waals surface area contributed by atoms with Crippen molar-refractivity contribution in [2.75, 3.05) is 39.9 Å². The molecule has 0 bridgehead atoms. The number of hydrogen-bond donors (Lipinski definition) is 0. The molecule has 1 aliphatic rings. The molecule has 1 aliphatic heterocycles. The highest BCUT2D eigenvalue weighted by atomic mass is 32.2. The Labute approximate surface area is 169 Å². The van der Waals surface area contributed by atoms with Crippen molar-refractivity contribution in [2.24, 2.45) is 0 Å². The molecule has 154 valence electrons. The normalized spacial score (nSPS) is 15.0. The molecule has 29 heavy (non-hydrogen) atoms. The Hall–Kier alpha value is -2.91. The summed E-state index contributed by atoms with van der Waals surface area (Å²) in [6.45, 7) is 0.449. The second-order valence-corrected chi connectivity index (χ2v) is 8.34. The van der Waals surface area contributed by atoms with Crippen LogP contribution in [-0.4, -0.2) is 69.4 Å². The quantitative estimate of drug-likeness (QED) is 0.658. The van der Waals surface area contributed by atoms with Gasteiger partial charge in [0.05, 0.1) is 17.6 Å². The fourth-order valence-corrected chi connectivity index (χ4v) is 4.41. The SMILES string of the molecule is COc1cccc(C(=O)OCC(=O)N2CCN(S(=O)(=O)c3ccccc3)CC2)c1. The third kappa shape index (κ3) is 4.93. The van der Waals surface area contributed by atoms with Crippen LogP contribution in [-0.2, 0) is 19.6 Å². The average molecular weight is 418 g/mol. The minimum Gasteiger partial charge on any atom is -0.497 e. The highest BCUT2D eigenvalue weighted by Gasteiger charge is 2.30. The average Bonchev–Trinajstić information content (AvgIpc) is 2.78. The lowest BCUT2D eigenvalue weighted by molar-refractivity contribution is -0.135. The molecule has 0 spiro atoms. The fraction of sp³-hybridized carbons (Fsp3) is 0.300. The first-order valence-electron chi connectivity index (χ1n) is 9.06. The molecular formula is C20H22N2O6S. The minimum absolute atomic E-state index is 0.187. The maximum absolute atomic E-state index is 12.6. The first-order valence-corrected chi connectivity index (χ1v) is 10.5. The van der Waals surface area contributed by atoms with Gasteiger partial charge in [-0.2, -0.15) is 4.31 Å². The summed E-state index contributed by atoms with van der Waals surface area (Å²) in [4.78, 5) is 26.2. The summed E-state index contributed by atoms with van der Waals surface area (Å²) in [5, 5.41) is 0. The van der Waals surface area contributed by atoms with Gasteiger partial charge in [-0.25, -0.2) is 13.2 Å². The van der Waals surface area contributed by atoms with E-state index in [0.29, 0.717) is 5.75 Å². The molecule has 0 saturated carbocycles. The Morgan fingerprint density at radius 2 is 1.66 bits per heavy atom. The highest BCUT2D eigenvalue weighted by molar-refractivity contribution is 7.89. The third-order valence-electron chi connectivity index (χ3n) is 4.60. The largest absolute Gasteiger partial charge is 0.497 e. The summed E-state index contributed by atoms with van der Waals surface area (Å²) in [7, 11) is -2.09. The van der Waals surface area contributed by atoms with E-state index in [1.807, 2.05) is 0 Å². The predicted octanol–water partition coefficient (Wildman–Crippen LogP) is 1.39. The molecule has 1 heterocycles. The van der Waals surface area contributed by atoms with Crippen molar-refractivity contribution >= 4 is 21.9 Å². The number of methoxy groups -OCH3 is 1. The minimum atomic E-state index is -3.58. The standard InChI is InChI=1S/C20H22N2O6S/c1-27-17-7-5-6-16(14-17)20(24)28-15-19(23)21-10-12-22(13-11-21)29(25,26)18-8-3-2-4-9-18/h2-9,14H,10-13,15H2,1H3. The van der Waals surface area contributed by atoms with E-state index in [4.69, 9.17) is 9.47 Å². The van der Waals surface area contributed by atoms with Crippen molar-refractivity contribution in [2.45, 2.75) is 4.90 Å². The number of carbonyl (C=O) groups is 2. The monoisotopic (exact) mass is 418 g/mol. The number of carbonyl (C=O) groups excluding carboxylic acids is 2. The fourth-order valence-electron chi connectivity index (χ4n) is 2.97. The van der Waals surface area contributed by atoms with Gasteiger partial charge in [0, 0.05) is 26.2 Å². The smallest absolute Gasteiger partial charge is 0.338 e. The van der Waals surface area contributed by atoms with E-state index in [2.05, 4.69) is 0 Å². The van der Waals surface area contributed by atoms with Gasteiger partial charge in [0.25, 0.3) is 5.91 Å². The summed E-state index contributed by atoms with van der Waals surface area (Å²) >= 11 is 0. The Bertz CT molecular complexity index is 969. The molecule has 3 rings (SSSR count). The first-order chi connectivity index (χ1) is 13.9. The van der Waals surface area contributed by atoms with Crippen LogP contribution < -0.4 is 4.74 Å². The van der Waals surface area contributed by atoms with E-state index in [0.717, 1.165) is 0 Å². The van der Waals surface area contributed by atoms with Gasteiger partial charge < -0.3 is 14.4 Å². The van der Waals surface area contributed by atoms with Crippen LogP contribution in [0.5, 0.6) is 5.75 Å². The predicted molar refractivity (Wildman–Crippen MR) is 105 cm³/mol. The zero-order valence-electron chi connectivity index (χ0n) is 16.0. The maximum Gasteiger partial charge on any atom is 0.338 e. The number of nitrogens with zero attached hydrogens (tertiary/aromatic N) is 2. The third-order valence-corrected chi connectivity index (χ3v) is 6.52. The molecule has 0 unspecified atom stereocenters. The summed E-state index contributed by atoms with van der Waals surface area (Å²) < 4.78 is 36.8. The molecule has 0 aliphatic carbocycles. The molecule has 1 fully saturated rings. The van der Waals surface area contributed by atoms with Crippen LogP contribution in [0.15, 0.2) is 59.5 Å². The van der Waals surface area contributed by atoms with Crippen LogP contribution in [0.4, 0.5) is 0 Å². The second kappa shape index (κ2) is 9.06. The Balaban J connectivity index is 1.52. The number of hydrogen-bond acceptors (Lipinski definition) is 6. The Kier molecular flexibility index (Phi) is 6.50. The van der Waals surface area contributed by atoms with Crippen LogP contribution in [0.2, 0.25) is 0 Å². The summed E-state index contributed by atoms with van der Waals surface area (Å²) in [5.41, 5.74) is 0.288. The van der Waals surface area contributed by atoms with E-state index in [1.165, 1.54) is 22.4 Å². The molecule has 1 saturated heterocycles. The van der Waals surface area contributed by atoms with Gasteiger partial charge in [0.2, 0.25) is 10.0 Å². The van der Waals surface area contributed by atoms with Crippen molar-refractivity contribution in [3.63, 3.8) is 0 Å². The molecule has 2 aromatic rings. The summed E-state index contributed by atoms with van der Waals surface area (Å²) in [5.74, 6) is -0.470. The number of rotatable bonds is 6. The van der Waals surface area contributed by atoms with E-state index in [1.54, 1.807) is 48.5 Å². The summed E-state index contributed by atoms with van der Waals surface area (Å²) in [6, 6.07) is 14.6. The lowest BCUT2D eigenvalue weighted by atomic mass is 10.2. The lowest BCUT2D eigenvalue weighted by Crippen LogP contribution is -2.51. The zero-order chi connectivity index (χ0) is 20.9. The summed E-state index contributed by atoms with van der Waals surface area (Å²) in [6.07, 6.45) is 0. The van der Waals surface area contributed by atoms with Gasteiger partial charge in [0.15, 0.2) is 6.61 Å². The molecule has 9 heteroatoms. The molecular weight excluding hydrogens is 396 g/mol. The zero-order valence-corrected chi connectivity index (χ0v) is 16.8. The lowest BCUT2D eigenvalue weighted by Gasteiger charge is -2.33. The van der Waals surface area contributed by atoms with Gasteiger partial charge in [-0.1, -0.05) is 24.3 Å². The number of sulfonamides is 1. The van der Waals surface area contributed by atoms with Gasteiger partial charge >= 0.3 is 5.97 Å². The number of ether oxygens (including phenoxy) is 2. The first kappa shape index (κ1) is 20.8. The van der Waals surface area contributed by atoms with Crippen LogP contribution in [0.25, 0.3) is 0 Å². The highest BCUT2D eigenvalue weighted by Crippen LogP contribution is 2.17. The molecule has 0 aromatic heterocycles. The van der Waals surface area contributed by atoms with Crippen molar-refractivity contribution in [1.29, 1.82) is 0 Å². The van der Waals surface area contributed by atoms with Gasteiger partial charge in [0.1, 0.15) is 5.75 Å². The number of esters is 1. The Morgan fingerprint density at radius 1 is 0.966 bits per heavy atom. The topological polar surface area (TPSA) is 93.2 Å². The van der Waals surface area contributed by atoms with Crippen LogP contribution in [0.1, 0.15) is 10.4 Å². The molecule has 0 atom stereocenters. The van der Waals surface area contributed by atoms with Crippen molar-refractivity contribution in [3.8, 4) is 5.75 Å². The van der Waals surface area contributed by atoms with Crippen molar-refractivity contribution < 1.29 is 27.5 Å². The number of benzene rings is 2. The molecule has 0 N–H and O–H groups in total. The van der Waals surface area contributed by atoms with E-state index in [-0.39, 0.29) is 42.5 Å². The number of piperazine rings is 1. The molecule has 1 amide bonds. The number of amides is 1. The van der Waals surface area contributed by atoms with Crippen molar-refractivity contribution in [3.05, 3.63) is 60.2 Å². The maximum atomic E-state index is 12.6. The van der Waals surface area contributed by atoms with Gasteiger partial charge in [-0.15, -0.1) is 0 Å². The Morgan fingerprint density at radius 3 is 2.31 bits per heavy atom. The van der Waals surface area contributed by atoms with Gasteiger partial charge in [-0.3, -0.25) is 4.79 Å². The van der Waals surface area contributed by atoms with E-state index < -0.39 is 22.6 Å². The van der Waals surface area contributed by atoms with Gasteiger partial charge in [-0.05, 0) is 30.3 Å². The van der Waals surface area contributed by atoms with Crippen LogP contribution in [0.3, 0.4) is 0 Å².